The van der Waals surface area contributed by atoms with E-state index in [-0.39, 0.29) is 0 Å². The lowest BCUT2D eigenvalue weighted by atomic mass is 10.4. The summed E-state index contributed by atoms with van der Waals surface area (Å²) in [5.74, 6) is 0. The van der Waals surface area contributed by atoms with E-state index in [0.717, 1.165) is 0 Å². The summed E-state index contributed by atoms with van der Waals surface area (Å²) in [6.07, 6.45) is 0.504. The molecule has 1 aromatic heterocycles. The molecule has 66 valence electrons. The molecule has 2 nitrogen and oxygen atoms in total. The number of halogens is 3. The van der Waals surface area contributed by atoms with Crippen molar-refractivity contribution in [3.05, 3.63) is 23.5 Å². The summed E-state index contributed by atoms with van der Waals surface area (Å²) in [5, 5.41) is 2.84. The van der Waals surface area contributed by atoms with Crippen LogP contribution in [0.4, 0.5) is 14.5 Å². The van der Waals surface area contributed by atoms with Gasteiger partial charge in [-0.15, -0.1) is 0 Å². The van der Waals surface area contributed by atoms with Crippen molar-refractivity contribution in [1.29, 1.82) is 0 Å². The average Bonchev–Trinajstić information content (AvgIpc) is 2.03. The molecule has 5 heteroatoms. The normalized spacial score (nSPS) is 10.3. The molecule has 0 bridgehead atoms. The van der Waals surface area contributed by atoms with Gasteiger partial charge in [-0.05, 0) is 6.07 Å². The van der Waals surface area contributed by atoms with Crippen molar-refractivity contribution in [3.8, 4) is 0 Å². The molecular formula is C7H7ClF2N2. The van der Waals surface area contributed by atoms with Crippen LogP contribution in [0.5, 0.6) is 0 Å². The fourth-order valence-electron chi connectivity index (χ4n) is 0.706. The van der Waals surface area contributed by atoms with Crippen molar-refractivity contribution >= 4 is 17.3 Å². The molecule has 0 saturated heterocycles. The summed E-state index contributed by atoms with van der Waals surface area (Å²) in [7, 11) is 0. The first-order valence-corrected chi connectivity index (χ1v) is 3.69. The van der Waals surface area contributed by atoms with Crippen LogP contribution in [0.1, 0.15) is 0 Å². The van der Waals surface area contributed by atoms with Gasteiger partial charge in [-0.2, -0.15) is 0 Å². The van der Waals surface area contributed by atoms with Crippen LogP contribution in [-0.4, -0.2) is 18.0 Å². The van der Waals surface area contributed by atoms with Crippen LogP contribution < -0.4 is 5.32 Å². The monoisotopic (exact) mass is 192 g/mol. The first kappa shape index (κ1) is 9.19. The molecule has 0 radical (unpaired) electrons. The van der Waals surface area contributed by atoms with Crippen molar-refractivity contribution in [2.75, 3.05) is 11.9 Å². The lowest BCUT2D eigenvalue weighted by molar-refractivity contribution is 0.163. The SMILES string of the molecule is FC(F)CNc1ccncc1Cl. The van der Waals surface area contributed by atoms with Crippen molar-refractivity contribution in [2.45, 2.75) is 6.43 Å². The first-order valence-electron chi connectivity index (χ1n) is 3.31. The summed E-state index contributed by atoms with van der Waals surface area (Å²) >= 11 is 5.64. The second-order valence-corrected chi connectivity index (χ2v) is 2.53. The van der Waals surface area contributed by atoms with Gasteiger partial charge in [-0.25, -0.2) is 8.78 Å². The molecule has 0 aliphatic rings. The first-order chi connectivity index (χ1) is 5.70. The number of hydrogen-bond donors (Lipinski definition) is 1. The molecule has 0 saturated carbocycles. The minimum Gasteiger partial charge on any atom is -0.378 e. The van der Waals surface area contributed by atoms with E-state index in [1.165, 1.54) is 12.4 Å². The lowest BCUT2D eigenvalue weighted by Gasteiger charge is -2.05. The van der Waals surface area contributed by atoms with Gasteiger partial charge in [0.05, 0.1) is 17.3 Å². The largest absolute Gasteiger partial charge is 0.378 e. The molecule has 0 aliphatic heterocycles. The van der Waals surface area contributed by atoms with Gasteiger partial charge in [0.15, 0.2) is 0 Å². The number of pyridine rings is 1. The molecule has 0 atom stereocenters. The van der Waals surface area contributed by atoms with Gasteiger partial charge in [0.1, 0.15) is 0 Å². The maximum atomic E-state index is 11.7. The van der Waals surface area contributed by atoms with Gasteiger partial charge in [0, 0.05) is 12.4 Å². The Labute approximate surface area is 73.6 Å². The highest BCUT2D eigenvalue weighted by molar-refractivity contribution is 6.33. The van der Waals surface area contributed by atoms with E-state index in [9.17, 15) is 8.78 Å². The summed E-state index contributed by atoms with van der Waals surface area (Å²) < 4.78 is 23.5. The number of anilines is 1. The van der Waals surface area contributed by atoms with E-state index >= 15 is 0 Å². The van der Waals surface area contributed by atoms with Gasteiger partial charge in [-0.1, -0.05) is 11.6 Å². The van der Waals surface area contributed by atoms with Crippen molar-refractivity contribution < 1.29 is 8.78 Å². The molecule has 1 aromatic rings. The molecule has 0 spiro atoms. The van der Waals surface area contributed by atoms with Gasteiger partial charge in [0.25, 0.3) is 6.43 Å². The smallest absolute Gasteiger partial charge is 0.255 e. The van der Waals surface area contributed by atoms with Crippen LogP contribution in [-0.2, 0) is 0 Å². The number of nitrogens with one attached hydrogen (secondary N) is 1. The quantitative estimate of drug-likeness (QED) is 0.796. The van der Waals surface area contributed by atoms with Crippen molar-refractivity contribution in [3.63, 3.8) is 0 Å². The number of aromatic nitrogens is 1. The maximum absolute atomic E-state index is 11.7. The highest BCUT2D eigenvalue weighted by atomic mass is 35.5. The predicted molar refractivity (Wildman–Crippen MR) is 43.7 cm³/mol. The fraction of sp³-hybridized carbons (Fsp3) is 0.286. The Bertz CT molecular complexity index is 255. The third-order valence-electron chi connectivity index (χ3n) is 1.22. The van der Waals surface area contributed by atoms with E-state index in [2.05, 4.69) is 10.3 Å². The summed E-state index contributed by atoms with van der Waals surface area (Å²) in [4.78, 5) is 3.71. The lowest BCUT2D eigenvalue weighted by Crippen LogP contribution is -2.10. The molecule has 12 heavy (non-hydrogen) atoms. The van der Waals surface area contributed by atoms with Crippen molar-refractivity contribution in [2.24, 2.45) is 0 Å². The highest BCUT2D eigenvalue weighted by Gasteiger charge is 2.03. The minimum absolute atomic E-state index is 0.346. The van der Waals surface area contributed by atoms with E-state index in [4.69, 9.17) is 11.6 Å². The predicted octanol–water partition coefficient (Wildman–Crippen LogP) is 2.41. The van der Waals surface area contributed by atoms with Crippen LogP contribution in [0.25, 0.3) is 0 Å². The van der Waals surface area contributed by atoms with Crippen LogP contribution >= 0.6 is 11.6 Å². The number of alkyl halides is 2. The van der Waals surface area contributed by atoms with Gasteiger partial charge < -0.3 is 5.32 Å². The Hall–Kier alpha value is -0.900. The van der Waals surface area contributed by atoms with E-state index in [1.807, 2.05) is 0 Å². The molecule has 0 amide bonds. The standard InChI is InChI=1S/C7H7ClF2N2/c8-5-3-11-2-1-6(5)12-4-7(9)10/h1-3,7H,4H2,(H,11,12). The molecular weight excluding hydrogens is 186 g/mol. The number of nitrogens with zero attached hydrogens (tertiary/aromatic N) is 1. The Morgan fingerprint density at radius 3 is 2.92 bits per heavy atom. The van der Waals surface area contributed by atoms with E-state index in [0.29, 0.717) is 10.7 Å². The van der Waals surface area contributed by atoms with Crippen LogP contribution in [0, 0.1) is 0 Å². The molecule has 0 aliphatic carbocycles. The van der Waals surface area contributed by atoms with Crippen LogP contribution in [0.2, 0.25) is 5.02 Å². The topological polar surface area (TPSA) is 24.9 Å². The van der Waals surface area contributed by atoms with Gasteiger partial charge in [-0.3, -0.25) is 4.98 Å². The van der Waals surface area contributed by atoms with Crippen LogP contribution in [0.15, 0.2) is 18.5 Å². The summed E-state index contributed by atoms with van der Waals surface area (Å²) in [6, 6.07) is 1.55. The number of hydrogen-bond acceptors (Lipinski definition) is 2. The average molecular weight is 193 g/mol. The highest BCUT2D eigenvalue weighted by Crippen LogP contribution is 2.18. The third-order valence-corrected chi connectivity index (χ3v) is 1.52. The molecule has 1 rings (SSSR count). The van der Waals surface area contributed by atoms with E-state index in [1.54, 1.807) is 6.07 Å². The van der Waals surface area contributed by atoms with Gasteiger partial charge >= 0.3 is 0 Å². The molecule has 0 aromatic carbocycles. The molecule has 0 fully saturated rings. The zero-order valence-electron chi connectivity index (χ0n) is 6.10. The second kappa shape index (κ2) is 4.21. The molecule has 1 N–H and O–H groups in total. The van der Waals surface area contributed by atoms with Crippen molar-refractivity contribution in [1.82, 2.24) is 4.98 Å². The Morgan fingerprint density at radius 1 is 1.58 bits per heavy atom. The summed E-state index contributed by atoms with van der Waals surface area (Å²) in [5.41, 5.74) is 0.479. The zero-order chi connectivity index (χ0) is 8.97. The molecule has 1 heterocycles. The van der Waals surface area contributed by atoms with E-state index < -0.39 is 13.0 Å². The van der Waals surface area contributed by atoms with Gasteiger partial charge in [0.2, 0.25) is 0 Å². The third kappa shape index (κ3) is 2.62. The fourth-order valence-corrected chi connectivity index (χ4v) is 0.892. The Kier molecular flexibility index (Phi) is 3.22. The molecule has 0 unspecified atom stereocenters. The van der Waals surface area contributed by atoms with Crippen LogP contribution in [0.3, 0.4) is 0 Å². The number of rotatable bonds is 3. The minimum atomic E-state index is -2.38. The maximum Gasteiger partial charge on any atom is 0.255 e. The summed E-state index contributed by atoms with van der Waals surface area (Å²) in [6.45, 7) is -0.399. The zero-order valence-corrected chi connectivity index (χ0v) is 6.85. The second-order valence-electron chi connectivity index (χ2n) is 2.13. The Balaban J connectivity index is 2.57. The Morgan fingerprint density at radius 2 is 2.33 bits per heavy atom.